The van der Waals surface area contributed by atoms with Gasteiger partial charge in [-0.15, -0.1) is 0 Å². The molecular weight excluding hydrogens is 142 g/mol. The van der Waals surface area contributed by atoms with Crippen LogP contribution in [0.4, 0.5) is 0 Å². The summed E-state index contributed by atoms with van der Waals surface area (Å²) in [5, 5.41) is 2.60. The highest BCUT2D eigenvalue weighted by Gasteiger charge is 2.30. The lowest BCUT2D eigenvalue weighted by Gasteiger charge is -2.10. The fourth-order valence-corrected chi connectivity index (χ4v) is 1.42. The lowest BCUT2D eigenvalue weighted by molar-refractivity contribution is -0.120. The zero-order valence-electron chi connectivity index (χ0n) is 6.38. The molecular formula is C8H12NO2. The molecule has 61 valence electrons. The predicted octanol–water partition coefficient (Wildman–Crippen LogP) is 0.304. The highest BCUT2D eigenvalue weighted by molar-refractivity contribution is 5.83. The minimum absolute atomic E-state index is 0.0134. The molecule has 2 atom stereocenters. The van der Waals surface area contributed by atoms with E-state index in [1.54, 1.807) is 0 Å². The first-order chi connectivity index (χ1) is 5.27. The molecule has 1 radical (unpaired) electrons. The maximum absolute atomic E-state index is 10.8. The topological polar surface area (TPSA) is 46.2 Å². The molecule has 0 bridgehead atoms. The van der Waals surface area contributed by atoms with Crippen molar-refractivity contribution in [2.24, 2.45) is 5.92 Å². The standard InChI is InChI=1S/C8H12NO2/c1-2-3-6-4-8(11)9-7(6)5-10/h5-7H,1-4H2,(H,9,11)/t6?,7-/m1/s1. The van der Waals surface area contributed by atoms with E-state index in [2.05, 4.69) is 12.2 Å². The molecule has 0 aromatic heterocycles. The van der Waals surface area contributed by atoms with Crippen LogP contribution in [0.3, 0.4) is 0 Å². The fourth-order valence-electron chi connectivity index (χ4n) is 1.42. The highest BCUT2D eigenvalue weighted by atomic mass is 16.2. The van der Waals surface area contributed by atoms with Gasteiger partial charge in [-0.05, 0) is 12.3 Å². The van der Waals surface area contributed by atoms with E-state index in [4.69, 9.17) is 0 Å². The van der Waals surface area contributed by atoms with Crippen molar-refractivity contribution in [3.8, 4) is 0 Å². The van der Waals surface area contributed by atoms with Crippen LogP contribution < -0.4 is 5.32 Å². The third-order valence-electron chi connectivity index (χ3n) is 2.00. The maximum Gasteiger partial charge on any atom is 0.220 e. The van der Waals surface area contributed by atoms with Gasteiger partial charge in [-0.1, -0.05) is 13.3 Å². The number of hydrogen-bond donors (Lipinski definition) is 1. The van der Waals surface area contributed by atoms with E-state index in [1.165, 1.54) is 0 Å². The molecule has 0 aromatic rings. The summed E-state index contributed by atoms with van der Waals surface area (Å²) in [4.78, 5) is 21.2. The number of nitrogens with one attached hydrogen (secondary N) is 1. The second kappa shape index (κ2) is 3.51. The van der Waals surface area contributed by atoms with Crippen molar-refractivity contribution in [3.63, 3.8) is 0 Å². The van der Waals surface area contributed by atoms with Crippen LogP contribution in [0.1, 0.15) is 19.3 Å². The summed E-state index contributed by atoms with van der Waals surface area (Å²) in [7, 11) is 0. The van der Waals surface area contributed by atoms with E-state index in [9.17, 15) is 9.59 Å². The minimum atomic E-state index is -0.260. The van der Waals surface area contributed by atoms with Crippen LogP contribution in [0.25, 0.3) is 0 Å². The number of carbonyl (C=O) groups is 2. The van der Waals surface area contributed by atoms with Crippen LogP contribution in [0.5, 0.6) is 0 Å². The molecule has 0 spiro atoms. The zero-order chi connectivity index (χ0) is 8.27. The van der Waals surface area contributed by atoms with Crippen LogP contribution in [0.2, 0.25) is 0 Å². The monoisotopic (exact) mass is 154 g/mol. The van der Waals surface area contributed by atoms with E-state index in [1.807, 2.05) is 0 Å². The molecule has 1 unspecified atom stereocenters. The Labute approximate surface area is 66.2 Å². The number of aldehydes is 1. The third kappa shape index (κ3) is 1.79. The Bertz CT molecular complexity index is 167. The van der Waals surface area contributed by atoms with Gasteiger partial charge in [-0.3, -0.25) is 4.79 Å². The van der Waals surface area contributed by atoms with Crippen LogP contribution in [-0.4, -0.2) is 18.2 Å². The van der Waals surface area contributed by atoms with E-state index in [-0.39, 0.29) is 17.9 Å². The summed E-state index contributed by atoms with van der Waals surface area (Å²) >= 11 is 0. The summed E-state index contributed by atoms with van der Waals surface area (Å²) in [6.45, 7) is 3.69. The lowest BCUT2D eigenvalue weighted by Crippen LogP contribution is -2.30. The van der Waals surface area contributed by atoms with Crippen LogP contribution in [0, 0.1) is 12.8 Å². The van der Waals surface area contributed by atoms with E-state index < -0.39 is 0 Å². The van der Waals surface area contributed by atoms with Crippen LogP contribution in [-0.2, 0) is 9.59 Å². The summed E-state index contributed by atoms with van der Waals surface area (Å²) in [6, 6.07) is -0.260. The Kier molecular flexibility index (Phi) is 2.63. The number of hydrogen-bond acceptors (Lipinski definition) is 2. The summed E-state index contributed by atoms with van der Waals surface area (Å²) in [5.74, 6) is 0.165. The molecule has 0 saturated carbocycles. The molecule has 11 heavy (non-hydrogen) atoms. The van der Waals surface area contributed by atoms with Gasteiger partial charge in [-0.2, -0.15) is 0 Å². The largest absolute Gasteiger partial charge is 0.346 e. The summed E-state index contributed by atoms with van der Waals surface area (Å²) in [6.07, 6.45) is 2.93. The number of amides is 1. The molecule has 1 saturated heterocycles. The van der Waals surface area contributed by atoms with Gasteiger partial charge < -0.3 is 10.1 Å². The van der Waals surface area contributed by atoms with Gasteiger partial charge in [-0.25, -0.2) is 0 Å². The summed E-state index contributed by atoms with van der Waals surface area (Å²) < 4.78 is 0. The molecule has 1 heterocycles. The van der Waals surface area contributed by atoms with E-state index in [0.29, 0.717) is 6.42 Å². The van der Waals surface area contributed by atoms with Crippen LogP contribution >= 0.6 is 0 Å². The normalized spacial score (nSPS) is 30.1. The average molecular weight is 154 g/mol. The molecule has 3 nitrogen and oxygen atoms in total. The first-order valence-corrected chi connectivity index (χ1v) is 3.82. The molecule has 3 heteroatoms. The Morgan fingerprint density at radius 2 is 2.45 bits per heavy atom. The molecule has 1 aliphatic rings. The predicted molar refractivity (Wildman–Crippen MR) is 40.7 cm³/mol. The number of carbonyl (C=O) groups excluding carboxylic acids is 2. The van der Waals surface area contributed by atoms with Gasteiger partial charge in [0.2, 0.25) is 5.91 Å². The Hall–Kier alpha value is -0.860. The van der Waals surface area contributed by atoms with Gasteiger partial charge in [0.25, 0.3) is 0 Å². The van der Waals surface area contributed by atoms with Gasteiger partial charge in [0, 0.05) is 6.42 Å². The molecule has 0 aromatic carbocycles. The zero-order valence-corrected chi connectivity index (χ0v) is 6.38. The molecule has 1 fully saturated rings. The molecule has 1 rings (SSSR count). The third-order valence-corrected chi connectivity index (χ3v) is 2.00. The first-order valence-electron chi connectivity index (χ1n) is 3.82. The Morgan fingerprint density at radius 3 is 3.00 bits per heavy atom. The number of rotatable bonds is 3. The average Bonchev–Trinajstić information content (AvgIpc) is 2.32. The minimum Gasteiger partial charge on any atom is -0.346 e. The lowest BCUT2D eigenvalue weighted by atomic mass is 9.96. The smallest absolute Gasteiger partial charge is 0.220 e. The van der Waals surface area contributed by atoms with Crippen molar-refractivity contribution in [2.45, 2.75) is 25.3 Å². The highest BCUT2D eigenvalue weighted by Crippen LogP contribution is 2.19. The van der Waals surface area contributed by atoms with E-state index in [0.717, 1.165) is 19.1 Å². The summed E-state index contributed by atoms with van der Waals surface area (Å²) in [5.41, 5.74) is 0. The van der Waals surface area contributed by atoms with Crippen molar-refractivity contribution in [3.05, 3.63) is 6.92 Å². The second-order valence-corrected chi connectivity index (χ2v) is 2.84. The van der Waals surface area contributed by atoms with Crippen molar-refractivity contribution in [1.29, 1.82) is 0 Å². The van der Waals surface area contributed by atoms with Crippen molar-refractivity contribution < 1.29 is 9.59 Å². The van der Waals surface area contributed by atoms with Gasteiger partial charge in [0.15, 0.2) is 0 Å². The van der Waals surface area contributed by atoms with Gasteiger partial charge >= 0.3 is 0 Å². The Balaban J connectivity index is 2.49. The SMILES string of the molecule is [CH2]CCC1CC(=O)N[C@@H]1C=O. The van der Waals surface area contributed by atoms with Crippen molar-refractivity contribution in [1.82, 2.24) is 5.32 Å². The molecule has 1 N–H and O–H groups in total. The molecule has 1 aliphatic heterocycles. The second-order valence-electron chi connectivity index (χ2n) is 2.84. The molecule has 1 amide bonds. The van der Waals surface area contributed by atoms with Gasteiger partial charge in [0.1, 0.15) is 6.29 Å². The maximum atomic E-state index is 10.8. The Morgan fingerprint density at radius 1 is 1.73 bits per heavy atom. The quantitative estimate of drug-likeness (QED) is 0.594. The van der Waals surface area contributed by atoms with Crippen LogP contribution in [0.15, 0.2) is 0 Å². The molecule has 0 aliphatic carbocycles. The van der Waals surface area contributed by atoms with Gasteiger partial charge in [0.05, 0.1) is 6.04 Å². The fraction of sp³-hybridized carbons (Fsp3) is 0.625. The van der Waals surface area contributed by atoms with Crippen molar-refractivity contribution >= 4 is 12.2 Å². The van der Waals surface area contributed by atoms with Crippen molar-refractivity contribution in [2.75, 3.05) is 0 Å². The van der Waals surface area contributed by atoms with E-state index >= 15 is 0 Å². The first kappa shape index (κ1) is 8.24.